The lowest BCUT2D eigenvalue weighted by molar-refractivity contribution is 0.0601. The highest BCUT2D eigenvalue weighted by Gasteiger charge is 2.32. The molecule has 1 aliphatic carbocycles. The molecule has 0 unspecified atom stereocenters. The van der Waals surface area contributed by atoms with Gasteiger partial charge in [-0.3, -0.25) is 4.90 Å². The second-order valence-electron chi connectivity index (χ2n) is 4.44. The molecular weight excluding hydrogens is 176 g/mol. The molecule has 0 aromatic heterocycles. The Kier molecular flexibility index (Phi) is 3.79. The fourth-order valence-electron chi connectivity index (χ4n) is 2.83. The van der Waals surface area contributed by atoms with Crippen molar-refractivity contribution in [3.63, 3.8) is 0 Å². The highest BCUT2D eigenvalue weighted by atomic mass is 16.5. The topological polar surface area (TPSA) is 24.5 Å². The van der Waals surface area contributed by atoms with Gasteiger partial charge in [-0.25, -0.2) is 0 Å². The van der Waals surface area contributed by atoms with Crippen molar-refractivity contribution in [2.24, 2.45) is 0 Å². The van der Waals surface area contributed by atoms with Crippen molar-refractivity contribution in [3.8, 4) is 0 Å². The average molecular weight is 198 g/mol. The van der Waals surface area contributed by atoms with Crippen LogP contribution in [0.1, 0.15) is 25.7 Å². The first-order chi connectivity index (χ1) is 6.92. The Morgan fingerprint density at radius 2 is 2.21 bits per heavy atom. The van der Waals surface area contributed by atoms with Gasteiger partial charge in [0.05, 0.1) is 6.61 Å². The van der Waals surface area contributed by atoms with E-state index in [-0.39, 0.29) is 0 Å². The number of hydrogen-bond acceptors (Lipinski definition) is 3. The Morgan fingerprint density at radius 1 is 1.36 bits per heavy atom. The first-order valence-corrected chi connectivity index (χ1v) is 5.88. The lowest BCUT2D eigenvalue weighted by atomic mass is 9.87. The summed E-state index contributed by atoms with van der Waals surface area (Å²) >= 11 is 0. The molecule has 2 atom stereocenters. The van der Waals surface area contributed by atoms with Gasteiger partial charge in [-0.2, -0.15) is 0 Å². The van der Waals surface area contributed by atoms with Gasteiger partial charge in [0.2, 0.25) is 0 Å². The number of nitrogens with zero attached hydrogens (tertiary/aromatic N) is 1. The Balaban J connectivity index is 1.88. The fraction of sp³-hybridized carbons (Fsp3) is 1.00. The third-order valence-electron chi connectivity index (χ3n) is 3.59. The molecule has 1 saturated heterocycles. The van der Waals surface area contributed by atoms with Gasteiger partial charge in [-0.05, 0) is 12.8 Å². The zero-order chi connectivity index (χ0) is 9.80. The summed E-state index contributed by atoms with van der Waals surface area (Å²) < 4.78 is 5.16. The van der Waals surface area contributed by atoms with E-state index in [9.17, 15) is 0 Å². The number of piperazine rings is 1. The quantitative estimate of drug-likeness (QED) is 0.727. The van der Waals surface area contributed by atoms with Crippen LogP contribution in [-0.2, 0) is 4.74 Å². The smallest absolute Gasteiger partial charge is 0.0589 e. The molecular formula is C11H22N2O. The zero-order valence-corrected chi connectivity index (χ0v) is 9.17. The van der Waals surface area contributed by atoms with E-state index >= 15 is 0 Å². The van der Waals surface area contributed by atoms with E-state index in [1.807, 2.05) is 0 Å². The summed E-state index contributed by atoms with van der Waals surface area (Å²) in [5.41, 5.74) is 0. The summed E-state index contributed by atoms with van der Waals surface area (Å²) in [6.07, 6.45) is 5.56. The first-order valence-electron chi connectivity index (χ1n) is 5.88. The molecule has 1 heterocycles. The van der Waals surface area contributed by atoms with Crippen LogP contribution in [0.2, 0.25) is 0 Å². The van der Waals surface area contributed by atoms with Gasteiger partial charge in [-0.15, -0.1) is 0 Å². The van der Waals surface area contributed by atoms with Gasteiger partial charge >= 0.3 is 0 Å². The maximum absolute atomic E-state index is 5.16. The number of methoxy groups -OCH3 is 1. The summed E-state index contributed by atoms with van der Waals surface area (Å²) in [7, 11) is 1.79. The Labute approximate surface area is 86.8 Å². The second-order valence-corrected chi connectivity index (χ2v) is 4.44. The van der Waals surface area contributed by atoms with E-state index in [1.165, 1.54) is 32.2 Å². The molecule has 2 fully saturated rings. The van der Waals surface area contributed by atoms with E-state index in [1.54, 1.807) is 7.11 Å². The Hall–Kier alpha value is -0.120. The van der Waals surface area contributed by atoms with Crippen LogP contribution in [0.5, 0.6) is 0 Å². The molecule has 3 heteroatoms. The van der Waals surface area contributed by atoms with Gasteiger partial charge in [0.15, 0.2) is 0 Å². The molecule has 1 N–H and O–H groups in total. The monoisotopic (exact) mass is 198 g/mol. The highest BCUT2D eigenvalue weighted by Crippen LogP contribution is 2.24. The molecule has 0 spiro atoms. The highest BCUT2D eigenvalue weighted by molar-refractivity contribution is 4.91. The minimum Gasteiger partial charge on any atom is -0.383 e. The molecule has 14 heavy (non-hydrogen) atoms. The van der Waals surface area contributed by atoms with Crippen molar-refractivity contribution >= 4 is 0 Å². The summed E-state index contributed by atoms with van der Waals surface area (Å²) in [5.74, 6) is 0. The van der Waals surface area contributed by atoms with Crippen LogP contribution in [0.3, 0.4) is 0 Å². The zero-order valence-electron chi connectivity index (χ0n) is 9.17. The molecule has 0 aromatic carbocycles. The van der Waals surface area contributed by atoms with Crippen molar-refractivity contribution in [3.05, 3.63) is 0 Å². The molecule has 0 aromatic rings. The average Bonchev–Trinajstić information content (AvgIpc) is 2.26. The van der Waals surface area contributed by atoms with Crippen LogP contribution >= 0.6 is 0 Å². The van der Waals surface area contributed by atoms with Crippen LogP contribution < -0.4 is 5.32 Å². The van der Waals surface area contributed by atoms with Crippen molar-refractivity contribution in [1.29, 1.82) is 0 Å². The molecule has 1 aliphatic heterocycles. The van der Waals surface area contributed by atoms with Gasteiger partial charge in [-0.1, -0.05) is 12.8 Å². The summed E-state index contributed by atoms with van der Waals surface area (Å²) in [5, 5.41) is 3.64. The summed E-state index contributed by atoms with van der Waals surface area (Å²) in [6, 6.07) is 1.54. The van der Waals surface area contributed by atoms with E-state index in [0.717, 1.165) is 31.8 Å². The van der Waals surface area contributed by atoms with Gasteiger partial charge < -0.3 is 10.1 Å². The predicted molar refractivity (Wildman–Crippen MR) is 57.5 cm³/mol. The van der Waals surface area contributed by atoms with Crippen molar-refractivity contribution in [2.75, 3.05) is 33.4 Å². The van der Waals surface area contributed by atoms with Crippen LogP contribution in [0.25, 0.3) is 0 Å². The molecule has 0 bridgehead atoms. The third kappa shape index (κ3) is 2.27. The SMILES string of the molecule is COCCN1CCN[C@@H]2CCCC[C@H]21. The maximum Gasteiger partial charge on any atom is 0.0589 e. The second kappa shape index (κ2) is 5.10. The normalized spacial score (nSPS) is 34.1. The van der Waals surface area contributed by atoms with Crippen LogP contribution in [-0.4, -0.2) is 50.3 Å². The molecule has 0 amide bonds. The molecule has 82 valence electrons. The van der Waals surface area contributed by atoms with E-state index in [0.29, 0.717) is 0 Å². The summed E-state index contributed by atoms with van der Waals surface area (Å²) in [6.45, 7) is 4.35. The van der Waals surface area contributed by atoms with E-state index in [4.69, 9.17) is 4.74 Å². The molecule has 1 saturated carbocycles. The van der Waals surface area contributed by atoms with Crippen molar-refractivity contribution in [2.45, 2.75) is 37.8 Å². The molecule has 3 nitrogen and oxygen atoms in total. The standard InChI is InChI=1S/C11H22N2O/c1-14-9-8-13-7-6-12-10-4-2-3-5-11(10)13/h10-12H,2-9H2,1H3/t10-,11-/m1/s1. The minimum atomic E-state index is 0.759. The maximum atomic E-state index is 5.16. The largest absolute Gasteiger partial charge is 0.383 e. The third-order valence-corrected chi connectivity index (χ3v) is 3.59. The predicted octanol–water partition coefficient (Wildman–Crippen LogP) is 0.849. The van der Waals surface area contributed by atoms with Crippen LogP contribution in [0.15, 0.2) is 0 Å². The number of hydrogen-bond donors (Lipinski definition) is 1. The minimum absolute atomic E-state index is 0.759. The van der Waals surface area contributed by atoms with Gasteiger partial charge in [0.25, 0.3) is 0 Å². The van der Waals surface area contributed by atoms with Gasteiger partial charge in [0, 0.05) is 38.8 Å². The number of nitrogens with one attached hydrogen (secondary N) is 1. The first kappa shape index (κ1) is 10.4. The van der Waals surface area contributed by atoms with Crippen LogP contribution in [0, 0.1) is 0 Å². The molecule has 0 radical (unpaired) electrons. The molecule has 2 rings (SSSR count). The lowest BCUT2D eigenvalue weighted by Gasteiger charge is -2.44. The van der Waals surface area contributed by atoms with Gasteiger partial charge in [0.1, 0.15) is 0 Å². The van der Waals surface area contributed by atoms with E-state index < -0.39 is 0 Å². The Morgan fingerprint density at radius 3 is 3.07 bits per heavy atom. The lowest BCUT2D eigenvalue weighted by Crippen LogP contribution is -2.59. The van der Waals surface area contributed by atoms with E-state index in [2.05, 4.69) is 10.2 Å². The number of fused-ring (bicyclic) bond motifs is 1. The van der Waals surface area contributed by atoms with Crippen LogP contribution in [0.4, 0.5) is 0 Å². The Bertz CT molecular complexity index is 173. The van der Waals surface area contributed by atoms with Crippen molar-refractivity contribution in [1.82, 2.24) is 10.2 Å². The number of rotatable bonds is 3. The fourth-order valence-corrected chi connectivity index (χ4v) is 2.83. The van der Waals surface area contributed by atoms with Crippen molar-refractivity contribution < 1.29 is 4.74 Å². The number of ether oxygens (including phenoxy) is 1. The molecule has 2 aliphatic rings. The summed E-state index contributed by atoms with van der Waals surface area (Å²) in [4.78, 5) is 2.61.